The first-order chi connectivity index (χ1) is 10.1. The third-order valence-electron chi connectivity index (χ3n) is 2.84. The number of rotatable bonds is 5. The second-order valence-electron chi connectivity index (χ2n) is 4.72. The van der Waals surface area contributed by atoms with Crippen molar-refractivity contribution >= 4 is 11.7 Å². The van der Waals surface area contributed by atoms with Gasteiger partial charge < -0.3 is 4.74 Å². The third-order valence-corrected chi connectivity index (χ3v) is 2.84. The number of nitrogens with zero attached hydrogens (tertiary/aromatic N) is 2. The molecule has 0 spiro atoms. The molecule has 0 saturated heterocycles. The molecule has 0 unspecified atom stereocenters. The summed E-state index contributed by atoms with van der Waals surface area (Å²) in [6.45, 7) is 3.67. The van der Waals surface area contributed by atoms with E-state index in [1.165, 1.54) is 6.07 Å². The molecule has 0 fully saturated rings. The standard InChI is InChI=1S/C15H18N4O2/c1-10-9-14(20)17-15(16-10)19-18-11(2)8-12-4-6-13(21-3)7-5-12/h4-7,9H,8H2,1-3H3,(H2,16,17,19,20)/b18-11-. The Morgan fingerprint density at radius 1 is 1.38 bits per heavy atom. The lowest BCUT2D eigenvalue weighted by Gasteiger charge is -2.05. The molecular formula is C15H18N4O2. The van der Waals surface area contributed by atoms with E-state index in [1.807, 2.05) is 31.2 Å². The van der Waals surface area contributed by atoms with E-state index < -0.39 is 0 Å². The summed E-state index contributed by atoms with van der Waals surface area (Å²) in [4.78, 5) is 18.0. The molecule has 0 bridgehead atoms. The maximum atomic E-state index is 11.3. The molecular weight excluding hydrogens is 268 g/mol. The molecule has 1 aromatic carbocycles. The van der Waals surface area contributed by atoms with Gasteiger partial charge >= 0.3 is 0 Å². The molecule has 0 aliphatic carbocycles. The first kappa shape index (κ1) is 14.8. The van der Waals surface area contributed by atoms with Crippen LogP contribution in [0.25, 0.3) is 0 Å². The highest BCUT2D eigenvalue weighted by Gasteiger charge is 1.99. The van der Waals surface area contributed by atoms with Crippen LogP contribution < -0.4 is 15.7 Å². The Hall–Kier alpha value is -2.63. The minimum atomic E-state index is -0.201. The van der Waals surface area contributed by atoms with E-state index in [-0.39, 0.29) is 5.56 Å². The fourth-order valence-corrected chi connectivity index (χ4v) is 1.86. The van der Waals surface area contributed by atoms with Crippen LogP contribution in [-0.2, 0) is 6.42 Å². The van der Waals surface area contributed by atoms with E-state index in [4.69, 9.17) is 4.74 Å². The number of anilines is 1. The molecule has 0 aliphatic rings. The predicted octanol–water partition coefficient (Wildman–Crippen LogP) is 2.12. The lowest BCUT2D eigenvalue weighted by molar-refractivity contribution is 0.414. The van der Waals surface area contributed by atoms with Gasteiger partial charge in [-0.2, -0.15) is 5.10 Å². The molecule has 1 heterocycles. The fourth-order valence-electron chi connectivity index (χ4n) is 1.86. The molecule has 1 aromatic heterocycles. The van der Waals surface area contributed by atoms with E-state index >= 15 is 0 Å². The summed E-state index contributed by atoms with van der Waals surface area (Å²) in [6, 6.07) is 9.24. The van der Waals surface area contributed by atoms with Crippen molar-refractivity contribution in [1.82, 2.24) is 9.97 Å². The summed E-state index contributed by atoms with van der Waals surface area (Å²) in [5.41, 5.74) is 5.22. The quantitative estimate of drug-likeness (QED) is 0.652. The third kappa shape index (κ3) is 4.45. The van der Waals surface area contributed by atoms with Crippen molar-refractivity contribution in [3.05, 3.63) is 51.9 Å². The number of aromatic nitrogens is 2. The number of H-pyrrole nitrogens is 1. The SMILES string of the molecule is COc1ccc(C/C(C)=N\Nc2nc(C)cc(=O)[nH]2)cc1. The Kier molecular flexibility index (Phi) is 4.71. The Morgan fingerprint density at radius 3 is 2.71 bits per heavy atom. The summed E-state index contributed by atoms with van der Waals surface area (Å²) in [5, 5.41) is 4.22. The van der Waals surface area contributed by atoms with Crippen molar-refractivity contribution in [2.45, 2.75) is 20.3 Å². The second-order valence-corrected chi connectivity index (χ2v) is 4.72. The predicted molar refractivity (Wildman–Crippen MR) is 83.0 cm³/mol. The highest BCUT2D eigenvalue weighted by atomic mass is 16.5. The molecule has 6 nitrogen and oxygen atoms in total. The Balaban J connectivity index is 2.01. The smallest absolute Gasteiger partial charge is 0.252 e. The highest BCUT2D eigenvalue weighted by molar-refractivity contribution is 5.84. The molecule has 2 aromatic rings. The van der Waals surface area contributed by atoms with Gasteiger partial charge in [0.15, 0.2) is 0 Å². The maximum absolute atomic E-state index is 11.3. The van der Waals surface area contributed by atoms with Crippen molar-refractivity contribution in [2.24, 2.45) is 5.10 Å². The van der Waals surface area contributed by atoms with Gasteiger partial charge in [-0.25, -0.2) is 10.4 Å². The second kappa shape index (κ2) is 6.69. The zero-order valence-corrected chi connectivity index (χ0v) is 12.3. The number of aryl methyl sites for hydroxylation is 1. The first-order valence-corrected chi connectivity index (χ1v) is 6.57. The van der Waals surface area contributed by atoms with Gasteiger partial charge in [-0.05, 0) is 31.5 Å². The lowest BCUT2D eigenvalue weighted by atomic mass is 10.1. The fraction of sp³-hybridized carbons (Fsp3) is 0.267. The van der Waals surface area contributed by atoms with Crippen LogP contribution in [0, 0.1) is 6.92 Å². The molecule has 21 heavy (non-hydrogen) atoms. The van der Waals surface area contributed by atoms with Crippen molar-refractivity contribution in [2.75, 3.05) is 12.5 Å². The number of benzene rings is 1. The van der Waals surface area contributed by atoms with Crippen LogP contribution in [0.1, 0.15) is 18.2 Å². The molecule has 2 N–H and O–H groups in total. The summed E-state index contributed by atoms with van der Waals surface area (Å²) < 4.78 is 5.12. The molecule has 0 radical (unpaired) electrons. The topological polar surface area (TPSA) is 79.4 Å². The van der Waals surface area contributed by atoms with Crippen molar-refractivity contribution in [3.8, 4) is 5.75 Å². The number of ether oxygens (including phenoxy) is 1. The van der Waals surface area contributed by atoms with Gasteiger partial charge in [0, 0.05) is 23.9 Å². The van der Waals surface area contributed by atoms with E-state index in [0.717, 1.165) is 17.0 Å². The highest BCUT2D eigenvalue weighted by Crippen LogP contribution is 2.12. The summed E-state index contributed by atoms with van der Waals surface area (Å²) >= 11 is 0. The number of hydrogen-bond acceptors (Lipinski definition) is 5. The summed E-state index contributed by atoms with van der Waals surface area (Å²) in [7, 11) is 1.64. The van der Waals surface area contributed by atoms with Gasteiger partial charge in [0.25, 0.3) is 5.56 Å². The van der Waals surface area contributed by atoms with E-state index in [0.29, 0.717) is 18.1 Å². The number of methoxy groups -OCH3 is 1. The zero-order chi connectivity index (χ0) is 15.2. The average Bonchev–Trinajstić information content (AvgIpc) is 2.45. The Labute approximate surface area is 122 Å². The van der Waals surface area contributed by atoms with Gasteiger partial charge in [0.2, 0.25) is 5.95 Å². The van der Waals surface area contributed by atoms with Gasteiger partial charge in [-0.3, -0.25) is 9.78 Å². The van der Waals surface area contributed by atoms with Gasteiger partial charge in [0.1, 0.15) is 5.75 Å². The number of hydrogen-bond donors (Lipinski definition) is 2. The van der Waals surface area contributed by atoms with Crippen molar-refractivity contribution in [1.29, 1.82) is 0 Å². The van der Waals surface area contributed by atoms with E-state index in [2.05, 4.69) is 20.5 Å². The normalized spacial score (nSPS) is 11.3. The average molecular weight is 286 g/mol. The van der Waals surface area contributed by atoms with Gasteiger partial charge in [-0.15, -0.1) is 0 Å². The van der Waals surface area contributed by atoms with Crippen LogP contribution >= 0.6 is 0 Å². The summed E-state index contributed by atoms with van der Waals surface area (Å²) in [5.74, 6) is 1.17. The Morgan fingerprint density at radius 2 is 2.10 bits per heavy atom. The van der Waals surface area contributed by atoms with Crippen LogP contribution in [0.4, 0.5) is 5.95 Å². The van der Waals surface area contributed by atoms with Crippen molar-refractivity contribution in [3.63, 3.8) is 0 Å². The van der Waals surface area contributed by atoms with Crippen LogP contribution in [-0.4, -0.2) is 22.8 Å². The van der Waals surface area contributed by atoms with Crippen molar-refractivity contribution < 1.29 is 4.74 Å². The van der Waals surface area contributed by atoms with E-state index in [1.54, 1.807) is 14.0 Å². The first-order valence-electron chi connectivity index (χ1n) is 6.57. The number of aromatic amines is 1. The molecule has 0 aliphatic heterocycles. The maximum Gasteiger partial charge on any atom is 0.252 e. The van der Waals surface area contributed by atoms with Crippen LogP contribution in [0.3, 0.4) is 0 Å². The largest absolute Gasteiger partial charge is 0.497 e. The molecule has 0 saturated carbocycles. The summed E-state index contributed by atoms with van der Waals surface area (Å²) in [6.07, 6.45) is 0.701. The lowest BCUT2D eigenvalue weighted by Crippen LogP contribution is -2.11. The monoisotopic (exact) mass is 286 g/mol. The molecule has 0 atom stereocenters. The van der Waals surface area contributed by atoms with Crippen LogP contribution in [0.2, 0.25) is 0 Å². The van der Waals surface area contributed by atoms with Crippen LogP contribution in [0.5, 0.6) is 5.75 Å². The molecule has 6 heteroatoms. The van der Waals surface area contributed by atoms with Crippen LogP contribution in [0.15, 0.2) is 40.2 Å². The van der Waals surface area contributed by atoms with E-state index in [9.17, 15) is 4.79 Å². The molecule has 2 rings (SSSR count). The minimum Gasteiger partial charge on any atom is -0.497 e. The molecule has 110 valence electrons. The molecule has 0 amide bonds. The number of hydrazone groups is 1. The van der Waals surface area contributed by atoms with Gasteiger partial charge in [0.05, 0.1) is 7.11 Å². The Bertz CT molecular complexity index is 690. The number of nitrogens with one attached hydrogen (secondary N) is 2. The van der Waals surface area contributed by atoms with Gasteiger partial charge in [-0.1, -0.05) is 12.1 Å². The zero-order valence-electron chi connectivity index (χ0n) is 12.3. The minimum absolute atomic E-state index is 0.201.